The third-order valence-corrected chi connectivity index (χ3v) is 12.6. The number of hydrogen-bond acceptors (Lipinski definition) is 2. The molecule has 0 amide bonds. The van der Waals surface area contributed by atoms with Crippen molar-refractivity contribution >= 4 is 76.0 Å². The second-order valence-electron chi connectivity index (χ2n) is 16.5. The molecule has 0 aliphatic rings. The minimum atomic E-state index is 1.19. The Hall–Kier alpha value is -7.42. The highest BCUT2D eigenvalue weighted by Crippen LogP contribution is 2.48. The van der Waals surface area contributed by atoms with Gasteiger partial charge in [-0.15, -0.1) is 0 Å². The summed E-state index contributed by atoms with van der Waals surface area (Å²) in [5.41, 5.74) is 12.2. The van der Waals surface area contributed by atoms with Crippen molar-refractivity contribution in [1.29, 1.82) is 0 Å². The number of fused-ring (bicyclic) bond motifs is 12. The molecule has 0 spiro atoms. The molecular weight excluding hydrogens is 725 g/mol. The van der Waals surface area contributed by atoms with E-state index in [-0.39, 0.29) is 0 Å². The molecule has 0 aromatic heterocycles. The molecule has 0 bridgehead atoms. The quantitative estimate of drug-likeness (QED) is 0.123. The first-order valence-electron chi connectivity index (χ1n) is 20.8. The van der Waals surface area contributed by atoms with Crippen LogP contribution in [0, 0.1) is 0 Å². The molecule has 11 rings (SSSR count). The van der Waals surface area contributed by atoms with Gasteiger partial charge in [-0.1, -0.05) is 133 Å². The highest BCUT2D eigenvalue weighted by Gasteiger charge is 2.20. The average Bonchev–Trinajstić information content (AvgIpc) is 3.31. The van der Waals surface area contributed by atoms with Crippen molar-refractivity contribution in [3.05, 3.63) is 194 Å². The van der Waals surface area contributed by atoms with Crippen molar-refractivity contribution in [2.75, 3.05) is 38.0 Å². The molecule has 0 saturated carbocycles. The van der Waals surface area contributed by atoms with E-state index in [1.807, 2.05) is 0 Å². The summed E-state index contributed by atoms with van der Waals surface area (Å²) in [5, 5.41) is 15.1. The van der Waals surface area contributed by atoms with Gasteiger partial charge in [-0.3, -0.25) is 0 Å². The highest BCUT2D eigenvalue weighted by atomic mass is 15.1. The van der Waals surface area contributed by atoms with Gasteiger partial charge in [0.1, 0.15) is 0 Å². The zero-order valence-electron chi connectivity index (χ0n) is 34.4. The normalized spacial score (nSPS) is 11.7. The van der Waals surface area contributed by atoms with Crippen molar-refractivity contribution in [2.45, 2.75) is 0 Å². The van der Waals surface area contributed by atoms with E-state index in [0.29, 0.717) is 0 Å². The summed E-state index contributed by atoms with van der Waals surface area (Å²) >= 11 is 0. The van der Waals surface area contributed by atoms with Gasteiger partial charge in [-0.05, 0) is 170 Å². The van der Waals surface area contributed by atoms with Crippen molar-refractivity contribution in [1.82, 2.24) is 0 Å². The van der Waals surface area contributed by atoms with Crippen LogP contribution in [0.2, 0.25) is 0 Å². The Bertz CT molecular complexity index is 3210. The van der Waals surface area contributed by atoms with Gasteiger partial charge in [0.15, 0.2) is 0 Å². The molecule has 286 valence electrons. The molecule has 0 atom stereocenters. The van der Waals surface area contributed by atoms with Gasteiger partial charge in [-0.2, -0.15) is 0 Å². The first kappa shape index (κ1) is 35.7. The van der Waals surface area contributed by atoms with Crippen LogP contribution < -0.4 is 9.80 Å². The molecule has 0 saturated heterocycles. The topological polar surface area (TPSA) is 6.48 Å². The largest absolute Gasteiger partial charge is 0.378 e. The lowest BCUT2D eigenvalue weighted by atomic mass is 9.84. The van der Waals surface area contributed by atoms with Crippen molar-refractivity contribution in [3.8, 4) is 44.5 Å². The zero-order valence-corrected chi connectivity index (χ0v) is 34.4. The summed E-state index contributed by atoms with van der Waals surface area (Å²) in [6, 6.07) is 72.4. The molecular formula is C58H44N2. The van der Waals surface area contributed by atoms with E-state index in [1.165, 1.54) is 121 Å². The van der Waals surface area contributed by atoms with Crippen molar-refractivity contribution in [2.24, 2.45) is 0 Å². The number of nitrogens with zero attached hydrogens (tertiary/aromatic N) is 2. The fourth-order valence-corrected chi connectivity index (χ4v) is 9.54. The summed E-state index contributed by atoms with van der Waals surface area (Å²) < 4.78 is 0. The minimum absolute atomic E-state index is 1.19. The fraction of sp³-hybridized carbons (Fsp3) is 0.0690. The van der Waals surface area contributed by atoms with Gasteiger partial charge in [0.05, 0.1) is 0 Å². The Kier molecular flexibility index (Phi) is 8.42. The molecule has 0 N–H and O–H groups in total. The third kappa shape index (κ3) is 5.79. The number of anilines is 2. The van der Waals surface area contributed by atoms with E-state index < -0.39 is 0 Å². The fourth-order valence-electron chi connectivity index (χ4n) is 9.54. The molecule has 0 unspecified atom stereocenters. The van der Waals surface area contributed by atoms with Crippen LogP contribution in [0.1, 0.15) is 0 Å². The molecule has 11 aromatic rings. The van der Waals surface area contributed by atoms with Crippen LogP contribution in [-0.4, -0.2) is 28.2 Å². The van der Waals surface area contributed by atoms with Crippen LogP contribution in [0.15, 0.2) is 194 Å². The van der Waals surface area contributed by atoms with Gasteiger partial charge < -0.3 is 9.80 Å². The molecule has 60 heavy (non-hydrogen) atoms. The van der Waals surface area contributed by atoms with Crippen LogP contribution in [0.3, 0.4) is 0 Å². The monoisotopic (exact) mass is 768 g/mol. The Labute approximate surface area is 351 Å². The van der Waals surface area contributed by atoms with E-state index in [1.54, 1.807) is 0 Å². The Morgan fingerprint density at radius 3 is 0.717 bits per heavy atom. The van der Waals surface area contributed by atoms with Gasteiger partial charge in [0.2, 0.25) is 0 Å². The molecule has 0 aliphatic carbocycles. The minimum Gasteiger partial charge on any atom is -0.378 e. The van der Waals surface area contributed by atoms with Crippen LogP contribution in [0.25, 0.3) is 109 Å². The van der Waals surface area contributed by atoms with Crippen LogP contribution in [-0.2, 0) is 0 Å². The predicted molar refractivity (Wildman–Crippen MR) is 262 cm³/mol. The molecule has 0 aliphatic heterocycles. The number of rotatable bonds is 6. The van der Waals surface area contributed by atoms with E-state index in [2.05, 4.69) is 232 Å². The van der Waals surface area contributed by atoms with Gasteiger partial charge in [0.25, 0.3) is 0 Å². The van der Waals surface area contributed by atoms with Crippen LogP contribution in [0.5, 0.6) is 0 Å². The van der Waals surface area contributed by atoms with E-state index in [4.69, 9.17) is 0 Å². The summed E-state index contributed by atoms with van der Waals surface area (Å²) in [7, 11) is 8.53. The van der Waals surface area contributed by atoms with Crippen LogP contribution in [0.4, 0.5) is 11.4 Å². The Morgan fingerprint density at radius 2 is 0.450 bits per heavy atom. The Morgan fingerprint density at radius 1 is 0.217 bits per heavy atom. The van der Waals surface area contributed by atoms with E-state index >= 15 is 0 Å². The molecule has 2 heteroatoms. The lowest BCUT2D eigenvalue weighted by Crippen LogP contribution is -2.08. The third-order valence-electron chi connectivity index (χ3n) is 12.6. The van der Waals surface area contributed by atoms with E-state index in [9.17, 15) is 0 Å². The molecule has 0 heterocycles. The second kappa shape index (κ2) is 14.1. The maximum absolute atomic E-state index is 2.51. The average molecular weight is 769 g/mol. The van der Waals surface area contributed by atoms with Crippen molar-refractivity contribution in [3.63, 3.8) is 0 Å². The standard InChI is InChI=1S/C58H44N2/c1-59(2)41-25-27-43-49(29-41)53-31-45(37-17-9-5-10-18-37)47(39-21-13-7-14-22-39)33-55(53)57-36-52-44-28-26-42(60(3)4)30-50(44)54-32-46(38-19-11-6-12-20-38)48(40-23-15-8-16-24-40)34-56(54)58(52)35-51(43)57/h5-36H,1-4H3. The second-order valence-corrected chi connectivity index (χ2v) is 16.5. The maximum atomic E-state index is 2.51. The Balaban J connectivity index is 1.34. The van der Waals surface area contributed by atoms with Gasteiger partial charge in [0, 0.05) is 39.6 Å². The number of hydrogen-bond donors (Lipinski definition) is 0. The first-order chi connectivity index (χ1) is 29.4. The zero-order chi connectivity index (χ0) is 40.5. The number of benzene rings is 11. The summed E-state index contributed by atoms with van der Waals surface area (Å²) in [5.74, 6) is 0. The SMILES string of the molecule is CN(C)c1ccc2c(c1)c1cc(-c3ccccc3)c(-c3ccccc3)cc1c1cc3c4ccc(N(C)C)cc4c4cc(-c5ccccc5)c(-c5ccccc5)cc4c3cc21. The summed E-state index contributed by atoms with van der Waals surface area (Å²) in [4.78, 5) is 4.42. The smallest absolute Gasteiger partial charge is 0.0367 e. The predicted octanol–water partition coefficient (Wildman–Crippen LogP) is 15.4. The van der Waals surface area contributed by atoms with E-state index in [0.717, 1.165) is 0 Å². The molecule has 0 fully saturated rings. The van der Waals surface area contributed by atoms with Gasteiger partial charge >= 0.3 is 0 Å². The van der Waals surface area contributed by atoms with Crippen molar-refractivity contribution < 1.29 is 0 Å². The molecule has 0 radical (unpaired) electrons. The maximum Gasteiger partial charge on any atom is 0.0367 e. The lowest BCUT2D eigenvalue weighted by molar-refractivity contribution is 1.14. The summed E-state index contributed by atoms with van der Waals surface area (Å²) in [6.45, 7) is 0. The molecule has 11 aromatic carbocycles. The lowest BCUT2D eigenvalue weighted by Gasteiger charge is -2.21. The summed E-state index contributed by atoms with van der Waals surface area (Å²) in [6.07, 6.45) is 0. The highest BCUT2D eigenvalue weighted by molar-refractivity contribution is 6.34. The first-order valence-corrected chi connectivity index (χ1v) is 20.8. The van der Waals surface area contributed by atoms with Crippen LogP contribution >= 0.6 is 0 Å². The molecule has 2 nitrogen and oxygen atoms in total. The van der Waals surface area contributed by atoms with Gasteiger partial charge in [-0.25, -0.2) is 0 Å².